The molecule has 0 fully saturated rings. The van der Waals surface area contributed by atoms with Crippen LogP contribution in [0, 0.1) is 12.3 Å². The first-order valence-electron chi connectivity index (χ1n) is 5.42. The van der Waals surface area contributed by atoms with Gasteiger partial charge in [-0.05, 0) is 23.4 Å². The number of carbonyl (C=O) groups excluding carboxylic acids is 1. The molecule has 0 radical (unpaired) electrons. The number of nitrogens with one attached hydrogen (secondary N) is 1. The van der Waals surface area contributed by atoms with Gasteiger partial charge in [-0.15, -0.1) is 17.8 Å². The number of nitrogens with zero attached hydrogens (tertiary/aromatic N) is 1. The van der Waals surface area contributed by atoms with Gasteiger partial charge in [-0.1, -0.05) is 5.92 Å². The van der Waals surface area contributed by atoms with Crippen LogP contribution in [-0.4, -0.2) is 35.1 Å². The summed E-state index contributed by atoms with van der Waals surface area (Å²) in [5, 5.41) is 13.6. The van der Waals surface area contributed by atoms with Crippen LogP contribution in [0.5, 0.6) is 0 Å². The highest BCUT2D eigenvalue weighted by Gasteiger charge is 2.36. The molecule has 1 unspecified atom stereocenters. The fourth-order valence-corrected chi connectivity index (χ4v) is 2.93. The predicted molar refractivity (Wildman–Crippen MR) is 67.3 cm³/mol. The summed E-state index contributed by atoms with van der Waals surface area (Å²) in [6.45, 7) is 0.485. The van der Waals surface area contributed by atoms with E-state index in [1.807, 2.05) is 5.38 Å². The topological polar surface area (TPSA) is 69.6 Å². The SMILES string of the molecule is C#CCNC(=O)N1CCc2sccc2C1C(=O)O. The number of amides is 2. The zero-order valence-corrected chi connectivity index (χ0v) is 10.4. The Labute approximate surface area is 108 Å². The van der Waals surface area contributed by atoms with E-state index in [0.29, 0.717) is 18.5 Å². The number of rotatable bonds is 2. The number of fused-ring (bicyclic) bond motifs is 1. The maximum atomic E-state index is 11.9. The van der Waals surface area contributed by atoms with Crippen molar-refractivity contribution < 1.29 is 14.7 Å². The molecule has 2 amide bonds. The molecule has 0 aliphatic carbocycles. The van der Waals surface area contributed by atoms with Gasteiger partial charge in [0.15, 0.2) is 6.04 Å². The molecular weight excluding hydrogens is 252 g/mol. The highest BCUT2D eigenvalue weighted by molar-refractivity contribution is 7.10. The van der Waals surface area contributed by atoms with Crippen molar-refractivity contribution >= 4 is 23.3 Å². The molecule has 6 heteroatoms. The number of hydrogen-bond acceptors (Lipinski definition) is 3. The highest BCUT2D eigenvalue weighted by Crippen LogP contribution is 2.33. The molecule has 0 saturated heterocycles. The van der Waals surface area contributed by atoms with E-state index in [2.05, 4.69) is 11.2 Å². The Bertz CT molecular complexity index is 518. The smallest absolute Gasteiger partial charge is 0.331 e. The molecule has 5 nitrogen and oxygen atoms in total. The molecule has 1 atom stereocenters. The molecule has 0 spiro atoms. The number of carbonyl (C=O) groups is 2. The van der Waals surface area contributed by atoms with Gasteiger partial charge in [0.2, 0.25) is 0 Å². The molecule has 2 heterocycles. The minimum atomic E-state index is -1.02. The highest BCUT2D eigenvalue weighted by atomic mass is 32.1. The van der Waals surface area contributed by atoms with E-state index >= 15 is 0 Å². The zero-order valence-electron chi connectivity index (χ0n) is 9.55. The van der Waals surface area contributed by atoms with Gasteiger partial charge >= 0.3 is 12.0 Å². The van der Waals surface area contributed by atoms with Gasteiger partial charge in [0.1, 0.15) is 0 Å². The molecule has 18 heavy (non-hydrogen) atoms. The van der Waals surface area contributed by atoms with Gasteiger partial charge in [-0.2, -0.15) is 0 Å². The Balaban J connectivity index is 2.25. The summed E-state index contributed by atoms with van der Waals surface area (Å²) in [7, 11) is 0. The summed E-state index contributed by atoms with van der Waals surface area (Å²) in [4.78, 5) is 25.6. The Morgan fingerprint density at radius 1 is 1.67 bits per heavy atom. The fourth-order valence-electron chi connectivity index (χ4n) is 2.03. The third-order valence-corrected chi connectivity index (χ3v) is 3.80. The minimum absolute atomic E-state index is 0.0954. The third-order valence-electron chi connectivity index (χ3n) is 2.80. The first kappa shape index (κ1) is 12.5. The van der Waals surface area contributed by atoms with E-state index in [9.17, 15) is 14.7 Å². The summed E-state index contributed by atoms with van der Waals surface area (Å²) < 4.78 is 0. The number of aliphatic carboxylic acids is 1. The molecule has 0 aromatic carbocycles. The first-order chi connectivity index (χ1) is 8.65. The van der Waals surface area contributed by atoms with Crippen molar-refractivity contribution in [2.24, 2.45) is 0 Å². The van der Waals surface area contributed by atoms with E-state index in [-0.39, 0.29) is 6.54 Å². The number of carboxylic acids is 1. The van der Waals surface area contributed by atoms with Crippen molar-refractivity contribution in [3.63, 3.8) is 0 Å². The van der Waals surface area contributed by atoms with Gasteiger partial charge in [0.05, 0.1) is 6.54 Å². The maximum absolute atomic E-state index is 11.9. The molecule has 94 valence electrons. The van der Waals surface area contributed by atoms with Crippen LogP contribution in [0.15, 0.2) is 11.4 Å². The lowest BCUT2D eigenvalue weighted by molar-refractivity contribution is -0.142. The van der Waals surface area contributed by atoms with Gasteiger partial charge < -0.3 is 15.3 Å². The minimum Gasteiger partial charge on any atom is -0.479 e. The molecule has 1 aliphatic heterocycles. The van der Waals surface area contributed by atoms with Gasteiger partial charge in [0, 0.05) is 11.4 Å². The summed E-state index contributed by atoms with van der Waals surface area (Å²) >= 11 is 1.52. The van der Waals surface area contributed by atoms with E-state index in [1.54, 1.807) is 6.07 Å². The van der Waals surface area contributed by atoms with Crippen LogP contribution < -0.4 is 5.32 Å². The average Bonchev–Trinajstić information content (AvgIpc) is 2.82. The molecular formula is C12H12N2O3S. The number of terminal acetylenes is 1. The van der Waals surface area contributed by atoms with E-state index in [1.165, 1.54) is 16.2 Å². The van der Waals surface area contributed by atoms with Gasteiger partial charge in [-0.25, -0.2) is 9.59 Å². The molecule has 2 N–H and O–H groups in total. The molecule has 1 aliphatic rings. The monoisotopic (exact) mass is 264 g/mol. The number of thiophene rings is 1. The lowest BCUT2D eigenvalue weighted by atomic mass is 10.0. The van der Waals surface area contributed by atoms with Crippen LogP contribution in [0.3, 0.4) is 0 Å². The number of hydrogen-bond donors (Lipinski definition) is 2. The van der Waals surface area contributed by atoms with E-state index in [0.717, 1.165) is 4.88 Å². The predicted octanol–water partition coefficient (Wildman–Crippen LogP) is 1.07. The largest absolute Gasteiger partial charge is 0.479 e. The zero-order chi connectivity index (χ0) is 13.1. The van der Waals surface area contributed by atoms with E-state index in [4.69, 9.17) is 6.42 Å². The summed E-state index contributed by atoms with van der Waals surface area (Å²) in [5.41, 5.74) is 0.703. The summed E-state index contributed by atoms with van der Waals surface area (Å²) in [6, 6.07) is 0.411. The van der Waals surface area contributed by atoms with Crippen molar-refractivity contribution in [3.05, 3.63) is 21.9 Å². The van der Waals surface area contributed by atoms with Crippen LogP contribution in [-0.2, 0) is 11.2 Å². The number of carboxylic acid groups (broad SMARTS) is 1. The van der Waals surface area contributed by atoms with Crippen molar-refractivity contribution in [1.29, 1.82) is 0 Å². The second-order valence-electron chi connectivity index (χ2n) is 3.85. The molecule has 0 bridgehead atoms. The standard InChI is InChI=1S/C12H12N2O3S/c1-2-5-13-12(17)14-6-3-9-8(4-7-18-9)10(14)11(15)16/h1,4,7,10H,3,5-6H2,(H,13,17)(H,15,16). The summed E-state index contributed by atoms with van der Waals surface area (Å²) in [6.07, 6.45) is 5.74. The van der Waals surface area contributed by atoms with Crippen LogP contribution in [0.25, 0.3) is 0 Å². The molecule has 0 saturated carbocycles. The molecule has 2 rings (SSSR count). The normalized spacial score (nSPS) is 17.7. The van der Waals surface area contributed by atoms with Crippen LogP contribution in [0.2, 0.25) is 0 Å². The van der Waals surface area contributed by atoms with Crippen LogP contribution >= 0.6 is 11.3 Å². The van der Waals surface area contributed by atoms with Gasteiger partial charge in [-0.3, -0.25) is 0 Å². The Hall–Kier alpha value is -2.00. The van der Waals surface area contributed by atoms with Crippen molar-refractivity contribution in [1.82, 2.24) is 10.2 Å². The Morgan fingerprint density at radius 2 is 2.44 bits per heavy atom. The van der Waals surface area contributed by atoms with Crippen LogP contribution in [0.4, 0.5) is 4.79 Å². The lowest BCUT2D eigenvalue weighted by Crippen LogP contribution is -2.47. The summed E-state index contributed by atoms with van der Waals surface area (Å²) in [5.74, 6) is 1.27. The van der Waals surface area contributed by atoms with E-state index < -0.39 is 18.0 Å². The van der Waals surface area contributed by atoms with Crippen molar-refractivity contribution in [3.8, 4) is 12.3 Å². The molecule has 1 aromatic heterocycles. The Morgan fingerprint density at radius 3 is 3.11 bits per heavy atom. The number of urea groups is 1. The van der Waals surface area contributed by atoms with Crippen molar-refractivity contribution in [2.45, 2.75) is 12.5 Å². The van der Waals surface area contributed by atoms with Gasteiger partial charge in [0.25, 0.3) is 0 Å². The second-order valence-corrected chi connectivity index (χ2v) is 4.85. The molecule has 1 aromatic rings. The quantitative estimate of drug-likeness (QED) is 0.785. The average molecular weight is 264 g/mol. The lowest BCUT2D eigenvalue weighted by Gasteiger charge is -2.32. The third kappa shape index (κ3) is 2.17. The first-order valence-corrected chi connectivity index (χ1v) is 6.30. The second kappa shape index (κ2) is 5.10. The fraction of sp³-hybridized carbons (Fsp3) is 0.333. The Kier molecular flexibility index (Phi) is 3.53. The maximum Gasteiger partial charge on any atom is 0.331 e. The van der Waals surface area contributed by atoms with Crippen molar-refractivity contribution in [2.75, 3.05) is 13.1 Å². The van der Waals surface area contributed by atoms with Crippen LogP contribution in [0.1, 0.15) is 16.5 Å².